The van der Waals surface area contributed by atoms with Gasteiger partial charge in [-0.3, -0.25) is 0 Å². The first-order valence-electron chi connectivity index (χ1n) is 6.92. The van der Waals surface area contributed by atoms with E-state index in [0.29, 0.717) is 32.4 Å². The molecule has 6 heteroatoms. The molecule has 0 saturated carbocycles. The second-order valence-corrected chi connectivity index (χ2v) is 5.85. The van der Waals surface area contributed by atoms with Gasteiger partial charge < -0.3 is 5.73 Å². The van der Waals surface area contributed by atoms with Crippen LogP contribution < -0.4 is 5.73 Å². The standard InChI is InChI=1S/C18H10Cl2FN3/c19-14-2-1-3-15(20)17(14)12-8-16(24-18(23)13(12)9-22)10-4-6-11(21)7-5-10/h1-8H,(H2,23,24). The molecule has 3 nitrogen and oxygen atoms in total. The second kappa shape index (κ2) is 6.48. The van der Waals surface area contributed by atoms with E-state index in [9.17, 15) is 9.65 Å². The number of aromatic nitrogens is 1. The molecule has 0 aliphatic rings. The largest absolute Gasteiger partial charge is 0.383 e. The summed E-state index contributed by atoms with van der Waals surface area (Å²) in [5.41, 5.74) is 8.29. The fourth-order valence-corrected chi connectivity index (χ4v) is 3.00. The van der Waals surface area contributed by atoms with E-state index < -0.39 is 0 Å². The van der Waals surface area contributed by atoms with E-state index in [1.54, 1.807) is 36.4 Å². The molecular weight excluding hydrogens is 348 g/mol. The minimum Gasteiger partial charge on any atom is -0.383 e. The quantitative estimate of drug-likeness (QED) is 0.675. The zero-order valence-corrected chi connectivity index (χ0v) is 13.7. The molecule has 0 amide bonds. The summed E-state index contributed by atoms with van der Waals surface area (Å²) < 4.78 is 13.1. The molecule has 0 aliphatic carbocycles. The average Bonchev–Trinajstić information content (AvgIpc) is 2.55. The summed E-state index contributed by atoms with van der Waals surface area (Å²) in [5, 5.41) is 10.2. The topological polar surface area (TPSA) is 62.7 Å². The third kappa shape index (κ3) is 2.92. The van der Waals surface area contributed by atoms with E-state index in [-0.39, 0.29) is 17.2 Å². The van der Waals surface area contributed by atoms with Crippen molar-refractivity contribution in [3.8, 4) is 28.5 Å². The zero-order valence-electron chi connectivity index (χ0n) is 12.2. The Labute approximate surface area is 148 Å². The normalized spacial score (nSPS) is 10.4. The van der Waals surface area contributed by atoms with Gasteiger partial charge in [-0.05, 0) is 42.5 Å². The van der Waals surface area contributed by atoms with Crippen LogP contribution in [0.1, 0.15) is 5.56 Å². The highest BCUT2D eigenvalue weighted by atomic mass is 35.5. The predicted molar refractivity (Wildman–Crippen MR) is 94.2 cm³/mol. The number of pyridine rings is 1. The Morgan fingerprint density at radius 1 is 1.04 bits per heavy atom. The Morgan fingerprint density at radius 2 is 1.67 bits per heavy atom. The molecule has 0 fully saturated rings. The van der Waals surface area contributed by atoms with Crippen molar-refractivity contribution in [3.63, 3.8) is 0 Å². The first kappa shape index (κ1) is 16.3. The Balaban J connectivity index is 2.29. The van der Waals surface area contributed by atoms with Crippen molar-refractivity contribution in [1.82, 2.24) is 4.98 Å². The van der Waals surface area contributed by atoms with Crippen LogP contribution in [-0.2, 0) is 0 Å². The van der Waals surface area contributed by atoms with Crippen molar-refractivity contribution in [1.29, 1.82) is 5.26 Å². The maximum absolute atomic E-state index is 13.1. The van der Waals surface area contributed by atoms with Gasteiger partial charge in [-0.25, -0.2) is 9.37 Å². The lowest BCUT2D eigenvalue weighted by molar-refractivity contribution is 0.628. The lowest BCUT2D eigenvalue weighted by atomic mass is 9.98. The number of halogens is 3. The van der Waals surface area contributed by atoms with Crippen LogP contribution in [-0.4, -0.2) is 4.98 Å². The highest BCUT2D eigenvalue weighted by Gasteiger charge is 2.17. The SMILES string of the molecule is N#Cc1c(-c2c(Cl)cccc2Cl)cc(-c2ccc(F)cc2)nc1N. The highest BCUT2D eigenvalue weighted by Crippen LogP contribution is 2.39. The highest BCUT2D eigenvalue weighted by molar-refractivity contribution is 6.39. The molecule has 0 aliphatic heterocycles. The Kier molecular flexibility index (Phi) is 4.39. The molecule has 0 spiro atoms. The summed E-state index contributed by atoms with van der Waals surface area (Å²) in [7, 11) is 0. The van der Waals surface area contributed by atoms with Crippen LogP contribution in [0.15, 0.2) is 48.5 Å². The smallest absolute Gasteiger partial charge is 0.142 e. The molecule has 0 atom stereocenters. The first-order chi connectivity index (χ1) is 11.5. The molecule has 0 saturated heterocycles. The van der Waals surface area contributed by atoms with Gasteiger partial charge in [0.1, 0.15) is 23.3 Å². The van der Waals surface area contributed by atoms with Gasteiger partial charge in [-0.1, -0.05) is 29.3 Å². The Morgan fingerprint density at radius 3 is 2.25 bits per heavy atom. The van der Waals surface area contributed by atoms with Gasteiger partial charge in [0.05, 0.1) is 5.69 Å². The maximum Gasteiger partial charge on any atom is 0.142 e. The van der Waals surface area contributed by atoms with Gasteiger partial charge in [-0.15, -0.1) is 0 Å². The predicted octanol–water partition coefficient (Wildman–Crippen LogP) is 5.32. The minimum atomic E-state index is -0.352. The number of anilines is 1. The van der Waals surface area contributed by atoms with Crippen molar-refractivity contribution < 1.29 is 4.39 Å². The fourth-order valence-electron chi connectivity index (χ4n) is 2.40. The van der Waals surface area contributed by atoms with Gasteiger partial charge in [0, 0.05) is 26.7 Å². The van der Waals surface area contributed by atoms with Gasteiger partial charge in [0.25, 0.3) is 0 Å². The van der Waals surface area contributed by atoms with E-state index in [1.165, 1.54) is 12.1 Å². The van der Waals surface area contributed by atoms with Gasteiger partial charge in [-0.2, -0.15) is 5.26 Å². The number of rotatable bonds is 2. The fraction of sp³-hybridized carbons (Fsp3) is 0. The first-order valence-corrected chi connectivity index (χ1v) is 7.68. The van der Waals surface area contributed by atoms with Crippen molar-refractivity contribution in [3.05, 3.63) is 70.0 Å². The third-order valence-electron chi connectivity index (χ3n) is 3.53. The second-order valence-electron chi connectivity index (χ2n) is 5.03. The van der Waals surface area contributed by atoms with E-state index in [1.807, 2.05) is 6.07 Å². The minimum absolute atomic E-state index is 0.0605. The lowest BCUT2D eigenvalue weighted by Gasteiger charge is -2.12. The van der Waals surface area contributed by atoms with Crippen LogP contribution in [0.5, 0.6) is 0 Å². The molecule has 1 heterocycles. The molecule has 24 heavy (non-hydrogen) atoms. The summed E-state index contributed by atoms with van der Waals surface area (Å²) in [4.78, 5) is 4.24. The summed E-state index contributed by atoms with van der Waals surface area (Å²) in [6, 6.07) is 14.6. The van der Waals surface area contributed by atoms with E-state index >= 15 is 0 Å². The molecule has 0 radical (unpaired) electrons. The maximum atomic E-state index is 13.1. The van der Waals surface area contributed by atoms with Gasteiger partial charge in [0.2, 0.25) is 0 Å². The number of nitrogen functional groups attached to an aromatic ring is 1. The lowest BCUT2D eigenvalue weighted by Crippen LogP contribution is -2.00. The van der Waals surface area contributed by atoms with E-state index in [2.05, 4.69) is 4.98 Å². The van der Waals surface area contributed by atoms with Crippen molar-refractivity contribution >= 4 is 29.0 Å². The molecule has 118 valence electrons. The van der Waals surface area contributed by atoms with Crippen LogP contribution in [0.25, 0.3) is 22.4 Å². The number of hydrogen-bond acceptors (Lipinski definition) is 3. The number of nitrogens with two attached hydrogens (primary N) is 1. The van der Waals surface area contributed by atoms with Crippen molar-refractivity contribution in [2.45, 2.75) is 0 Å². The molecule has 1 aromatic heterocycles. The average molecular weight is 358 g/mol. The molecular formula is C18H10Cl2FN3. The number of hydrogen-bond donors (Lipinski definition) is 1. The van der Waals surface area contributed by atoms with Crippen LogP contribution in [0.4, 0.5) is 10.2 Å². The summed E-state index contributed by atoms with van der Waals surface area (Å²) in [5.74, 6) is -0.292. The number of nitriles is 1. The van der Waals surface area contributed by atoms with Crippen molar-refractivity contribution in [2.24, 2.45) is 0 Å². The van der Waals surface area contributed by atoms with Crippen LogP contribution in [0.3, 0.4) is 0 Å². The number of benzene rings is 2. The molecule has 3 aromatic rings. The molecule has 0 bridgehead atoms. The van der Waals surface area contributed by atoms with Crippen molar-refractivity contribution in [2.75, 3.05) is 5.73 Å². The molecule has 0 unspecified atom stereocenters. The van der Waals surface area contributed by atoms with Crippen LogP contribution in [0, 0.1) is 17.1 Å². The van der Waals surface area contributed by atoms with Crippen LogP contribution >= 0.6 is 23.2 Å². The van der Waals surface area contributed by atoms with E-state index in [4.69, 9.17) is 28.9 Å². The van der Waals surface area contributed by atoms with Gasteiger partial charge >= 0.3 is 0 Å². The Bertz CT molecular complexity index is 943. The monoisotopic (exact) mass is 357 g/mol. The van der Waals surface area contributed by atoms with E-state index in [0.717, 1.165) is 0 Å². The third-order valence-corrected chi connectivity index (χ3v) is 4.16. The Hall–Kier alpha value is -2.61. The number of nitrogens with zero attached hydrogens (tertiary/aromatic N) is 2. The zero-order chi connectivity index (χ0) is 17.3. The summed E-state index contributed by atoms with van der Waals surface area (Å²) in [6.45, 7) is 0. The molecule has 2 aromatic carbocycles. The summed E-state index contributed by atoms with van der Waals surface area (Å²) >= 11 is 12.5. The summed E-state index contributed by atoms with van der Waals surface area (Å²) in [6.07, 6.45) is 0. The van der Waals surface area contributed by atoms with Crippen LogP contribution in [0.2, 0.25) is 10.0 Å². The molecule has 3 rings (SSSR count). The van der Waals surface area contributed by atoms with Gasteiger partial charge in [0.15, 0.2) is 0 Å². The molecule has 2 N–H and O–H groups in total.